The van der Waals surface area contributed by atoms with Crippen molar-refractivity contribution in [3.63, 3.8) is 0 Å². The second-order valence-corrected chi connectivity index (χ2v) is 3.80. The van der Waals surface area contributed by atoms with E-state index in [0.29, 0.717) is 12.4 Å². The van der Waals surface area contributed by atoms with E-state index in [2.05, 4.69) is 15.5 Å². The van der Waals surface area contributed by atoms with Gasteiger partial charge in [-0.15, -0.1) is 5.10 Å². The topological polar surface area (TPSA) is 79.1 Å². The van der Waals surface area contributed by atoms with E-state index in [-0.39, 0.29) is 6.61 Å². The molecule has 7 nitrogen and oxygen atoms in total. The van der Waals surface area contributed by atoms with Crippen LogP contribution >= 0.6 is 0 Å². The molecule has 7 heteroatoms. The molecular formula is C12H14N4O3. The number of aryl methyl sites for hydroxylation is 1. The van der Waals surface area contributed by atoms with Crippen molar-refractivity contribution in [3.8, 4) is 11.4 Å². The fraction of sp³-hybridized carbons (Fsp3) is 0.333. The number of carbonyl (C=O) groups is 1. The van der Waals surface area contributed by atoms with Crippen molar-refractivity contribution in [1.82, 2.24) is 20.2 Å². The number of ether oxygens (including phenoxy) is 2. The Morgan fingerprint density at radius 1 is 1.42 bits per heavy atom. The summed E-state index contributed by atoms with van der Waals surface area (Å²) in [4.78, 5) is 11.3. The van der Waals surface area contributed by atoms with Gasteiger partial charge in [-0.05, 0) is 35.9 Å². The van der Waals surface area contributed by atoms with E-state index in [9.17, 15) is 4.79 Å². The molecule has 0 saturated heterocycles. The van der Waals surface area contributed by atoms with Crippen molar-refractivity contribution in [2.45, 2.75) is 13.8 Å². The molecule has 0 aliphatic carbocycles. The monoisotopic (exact) mass is 262 g/mol. The molecule has 1 heterocycles. The minimum Gasteiger partial charge on any atom is -0.482 e. The van der Waals surface area contributed by atoms with E-state index in [1.54, 1.807) is 13.0 Å². The molecule has 0 bridgehead atoms. The molecule has 0 atom stereocenters. The first-order valence-corrected chi connectivity index (χ1v) is 5.83. The molecule has 1 aromatic carbocycles. The molecule has 0 radical (unpaired) electrons. The maximum Gasteiger partial charge on any atom is 0.344 e. The van der Waals surface area contributed by atoms with E-state index < -0.39 is 5.97 Å². The van der Waals surface area contributed by atoms with Crippen LogP contribution < -0.4 is 4.74 Å². The van der Waals surface area contributed by atoms with Gasteiger partial charge in [0.1, 0.15) is 12.1 Å². The standard InChI is InChI=1S/C12H14N4O3/c1-3-18-12(17)7-19-11-6-10(5-4-9(11)2)16-8-13-14-15-16/h4-6,8H,3,7H2,1-2H3. The van der Waals surface area contributed by atoms with Gasteiger partial charge in [-0.2, -0.15) is 0 Å². The number of tetrazole rings is 1. The Hall–Kier alpha value is -2.44. The second-order valence-electron chi connectivity index (χ2n) is 3.80. The summed E-state index contributed by atoms with van der Waals surface area (Å²) in [5.41, 5.74) is 1.68. The molecule has 0 N–H and O–H groups in total. The molecule has 0 amide bonds. The number of aromatic nitrogens is 4. The van der Waals surface area contributed by atoms with Gasteiger partial charge in [0.15, 0.2) is 6.61 Å². The Morgan fingerprint density at radius 2 is 2.26 bits per heavy atom. The lowest BCUT2D eigenvalue weighted by atomic mass is 10.2. The highest BCUT2D eigenvalue weighted by atomic mass is 16.6. The van der Waals surface area contributed by atoms with Crippen LogP contribution in [0.2, 0.25) is 0 Å². The predicted octanol–water partition coefficient (Wildman–Crippen LogP) is 0.913. The zero-order valence-corrected chi connectivity index (χ0v) is 10.7. The van der Waals surface area contributed by atoms with E-state index in [1.807, 2.05) is 19.1 Å². The van der Waals surface area contributed by atoms with Gasteiger partial charge in [0.05, 0.1) is 12.3 Å². The summed E-state index contributed by atoms with van der Waals surface area (Å²) >= 11 is 0. The number of hydrogen-bond acceptors (Lipinski definition) is 6. The molecular weight excluding hydrogens is 248 g/mol. The molecule has 0 aliphatic rings. The molecule has 1 aromatic heterocycles. The first-order valence-electron chi connectivity index (χ1n) is 5.83. The molecule has 0 unspecified atom stereocenters. The van der Waals surface area contributed by atoms with Gasteiger partial charge in [0, 0.05) is 6.07 Å². The summed E-state index contributed by atoms with van der Waals surface area (Å²) in [7, 11) is 0. The highest BCUT2D eigenvalue weighted by molar-refractivity contribution is 5.71. The van der Waals surface area contributed by atoms with Gasteiger partial charge in [-0.1, -0.05) is 6.07 Å². The van der Waals surface area contributed by atoms with Crippen molar-refractivity contribution in [1.29, 1.82) is 0 Å². The van der Waals surface area contributed by atoms with Gasteiger partial charge in [-0.3, -0.25) is 0 Å². The van der Waals surface area contributed by atoms with Crippen LogP contribution in [-0.4, -0.2) is 39.4 Å². The fourth-order valence-electron chi connectivity index (χ4n) is 1.51. The third-order valence-corrected chi connectivity index (χ3v) is 2.44. The third kappa shape index (κ3) is 3.27. The van der Waals surface area contributed by atoms with Gasteiger partial charge < -0.3 is 9.47 Å². The summed E-state index contributed by atoms with van der Waals surface area (Å²) in [6.45, 7) is 3.87. The highest BCUT2D eigenvalue weighted by Crippen LogP contribution is 2.21. The number of carbonyl (C=O) groups excluding carboxylic acids is 1. The van der Waals surface area contributed by atoms with Crippen LogP contribution in [0.3, 0.4) is 0 Å². The van der Waals surface area contributed by atoms with Crippen LogP contribution in [0.5, 0.6) is 5.75 Å². The zero-order chi connectivity index (χ0) is 13.7. The molecule has 2 aromatic rings. The summed E-state index contributed by atoms with van der Waals surface area (Å²) < 4.78 is 11.7. The molecule has 0 spiro atoms. The minimum absolute atomic E-state index is 0.117. The third-order valence-electron chi connectivity index (χ3n) is 2.44. The normalized spacial score (nSPS) is 10.2. The first-order chi connectivity index (χ1) is 9.20. The molecule has 0 fully saturated rings. The number of rotatable bonds is 5. The Labute approximate surface area is 110 Å². The van der Waals surface area contributed by atoms with Gasteiger partial charge in [0.25, 0.3) is 0 Å². The van der Waals surface area contributed by atoms with Crippen LogP contribution in [0.25, 0.3) is 5.69 Å². The van der Waals surface area contributed by atoms with Gasteiger partial charge >= 0.3 is 5.97 Å². The van der Waals surface area contributed by atoms with Crippen LogP contribution in [0.15, 0.2) is 24.5 Å². The first kappa shape index (κ1) is 13.0. The van der Waals surface area contributed by atoms with Crippen LogP contribution in [0.1, 0.15) is 12.5 Å². The molecule has 0 saturated carbocycles. The van der Waals surface area contributed by atoms with E-state index in [4.69, 9.17) is 9.47 Å². The van der Waals surface area contributed by atoms with Crippen molar-refractivity contribution < 1.29 is 14.3 Å². The Kier molecular flexibility index (Phi) is 4.07. The van der Waals surface area contributed by atoms with Crippen LogP contribution in [-0.2, 0) is 9.53 Å². The maximum atomic E-state index is 11.3. The lowest BCUT2D eigenvalue weighted by Crippen LogP contribution is -2.15. The molecule has 100 valence electrons. The average Bonchev–Trinajstić information content (AvgIpc) is 2.92. The number of esters is 1. The Balaban J connectivity index is 2.12. The molecule has 0 aliphatic heterocycles. The van der Waals surface area contributed by atoms with Crippen molar-refractivity contribution in [3.05, 3.63) is 30.1 Å². The largest absolute Gasteiger partial charge is 0.482 e. The Bertz CT molecular complexity index is 554. The summed E-state index contributed by atoms with van der Waals surface area (Å²) in [5.74, 6) is 0.204. The van der Waals surface area contributed by atoms with Crippen molar-refractivity contribution in [2.75, 3.05) is 13.2 Å². The lowest BCUT2D eigenvalue weighted by Gasteiger charge is -2.10. The zero-order valence-electron chi connectivity index (χ0n) is 10.7. The predicted molar refractivity (Wildman–Crippen MR) is 66.0 cm³/mol. The number of nitrogens with zero attached hydrogens (tertiary/aromatic N) is 4. The average molecular weight is 262 g/mol. The van der Waals surface area contributed by atoms with Crippen LogP contribution in [0.4, 0.5) is 0 Å². The molecule has 19 heavy (non-hydrogen) atoms. The highest BCUT2D eigenvalue weighted by Gasteiger charge is 2.07. The SMILES string of the molecule is CCOC(=O)COc1cc(-n2cnnn2)ccc1C. The Morgan fingerprint density at radius 3 is 2.95 bits per heavy atom. The fourth-order valence-corrected chi connectivity index (χ4v) is 1.51. The van der Waals surface area contributed by atoms with Crippen molar-refractivity contribution in [2.24, 2.45) is 0 Å². The van der Waals surface area contributed by atoms with Gasteiger partial charge in [0.2, 0.25) is 0 Å². The van der Waals surface area contributed by atoms with Gasteiger partial charge in [-0.25, -0.2) is 9.48 Å². The quantitative estimate of drug-likeness (QED) is 0.745. The molecule has 2 rings (SSSR count). The van der Waals surface area contributed by atoms with E-state index in [1.165, 1.54) is 11.0 Å². The minimum atomic E-state index is -0.394. The second kappa shape index (κ2) is 5.94. The number of hydrogen-bond donors (Lipinski definition) is 0. The van der Waals surface area contributed by atoms with Crippen molar-refractivity contribution >= 4 is 5.97 Å². The summed E-state index contributed by atoms with van der Waals surface area (Å²) in [6.07, 6.45) is 1.49. The summed E-state index contributed by atoms with van der Waals surface area (Å²) in [5, 5.41) is 10.9. The lowest BCUT2D eigenvalue weighted by molar-refractivity contribution is -0.145. The van der Waals surface area contributed by atoms with Crippen LogP contribution in [0, 0.1) is 6.92 Å². The summed E-state index contributed by atoms with van der Waals surface area (Å²) in [6, 6.07) is 5.51. The van der Waals surface area contributed by atoms with E-state index >= 15 is 0 Å². The number of benzene rings is 1. The van der Waals surface area contributed by atoms with E-state index in [0.717, 1.165) is 11.3 Å². The smallest absolute Gasteiger partial charge is 0.344 e. The maximum absolute atomic E-state index is 11.3.